The molecule has 2 aliphatic heterocycles. The smallest absolute Gasteiger partial charge is 0.323 e. The Bertz CT molecular complexity index is 930. The molecule has 0 radical (unpaired) electrons. The molecule has 36 heavy (non-hydrogen) atoms. The van der Waals surface area contributed by atoms with Crippen LogP contribution in [0.1, 0.15) is 52.4 Å². The molecule has 1 aromatic carbocycles. The highest BCUT2D eigenvalue weighted by molar-refractivity contribution is 6.02. The largest absolute Gasteiger partial charge is 0.489 e. The number of aliphatic carboxylic acids is 1. The van der Waals surface area contributed by atoms with Crippen molar-refractivity contribution in [1.29, 1.82) is 0 Å². The molecule has 0 aliphatic carbocycles. The molecule has 1 aromatic rings. The number of carbonyl (C=O) groups is 4. The quantitative estimate of drug-likeness (QED) is 0.348. The predicted octanol–water partition coefficient (Wildman–Crippen LogP) is 2.21. The normalized spacial score (nSPS) is 19.2. The third-order valence-electron chi connectivity index (χ3n) is 6.81. The molecular formula is C26H37N3O7. The molecule has 0 spiro atoms. The number of likely N-dealkylation sites (tertiary alicyclic amines) is 1. The van der Waals surface area contributed by atoms with Crippen LogP contribution < -0.4 is 15.0 Å². The maximum Gasteiger partial charge on any atom is 0.323 e. The summed E-state index contributed by atoms with van der Waals surface area (Å²) in [5, 5.41) is 12.5. The maximum atomic E-state index is 13.3. The highest BCUT2D eigenvalue weighted by atomic mass is 16.5. The average Bonchev–Trinajstić information content (AvgIpc) is 2.98. The lowest BCUT2D eigenvalue weighted by Gasteiger charge is -2.31. The molecule has 2 N–H and O–H groups in total. The summed E-state index contributed by atoms with van der Waals surface area (Å²) in [5.74, 6) is -0.941. The standard InChI is InChI=1S/C26H37N3O7/c1-3-35-26(34)20(9-5-4-8-19-12-14-28(15-13-19)18(2)30)27-21-17-36-23-11-7-6-10-22(23)29(25(21)33)16-24(31)32/h6-7,10-11,19-21,27H,3-5,8-9,12-17H2,1-2H3,(H,31,32)/t20?,21-/m0/s1. The Kier molecular flexibility index (Phi) is 10.1. The van der Waals surface area contributed by atoms with Crippen LogP contribution in [0.4, 0.5) is 5.69 Å². The number of carboxylic acids is 1. The van der Waals surface area contributed by atoms with E-state index in [1.165, 1.54) is 4.90 Å². The van der Waals surface area contributed by atoms with Crippen molar-refractivity contribution in [1.82, 2.24) is 10.2 Å². The van der Waals surface area contributed by atoms with Gasteiger partial charge in [-0.05, 0) is 44.2 Å². The van der Waals surface area contributed by atoms with Crippen molar-refractivity contribution in [3.63, 3.8) is 0 Å². The highest BCUT2D eigenvalue weighted by Crippen LogP contribution is 2.31. The van der Waals surface area contributed by atoms with Crippen LogP contribution >= 0.6 is 0 Å². The fraction of sp³-hybridized carbons (Fsp3) is 0.615. The van der Waals surface area contributed by atoms with E-state index >= 15 is 0 Å². The van der Waals surface area contributed by atoms with Gasteiger partial charge in [0, 0.05) is 20.0 Å². The van der Waals surface area contributed by atoms with Crippen LogP contribution in [-0.2, 0) is 23.9 Å². The lowest BCUT2D eigenvalue weighted by molar-refractivity contribution is -0.146. The second-order valence-corrected chi connectivity index (χ2v) is 9.35. The number of piperidine rings is 1. The number of benzene rings is 1. The van der Waals surface area contributed by atoms with E-state index in [-0.39, 0.29) is 19.1 Å². The first-order valence-corrected chi connectivity index (χ1v) is 12.7. The maximum absolute atomic E-state index is 13.3. The molecule has 10 heteroatoms. The summed E-state index contributed by atoms with van der Waals surface area (Å²) in [7, 11) is 0. The van der Waals surface area contributed by atoms with Gasteiger partial charge in [-0.25, -0.2) is 0 Å². The van der Waals surface area contributed by atoms with Crippen molar-refractivity contribution < 1.29 is 33.8 Å². The third-order valence-corrected chi connectivity index (χ3v) is 6.81. The minimum Gasteiger partial charge on any atom is -0.489 e. The van der Waals surface area contributed by atoms with Gasteiger partial charge in [-0.3, -0.25) is 29.4 Å². The fourth-order valence-corrected chi connectivity index (χ4v) is 4.84. The van der Waals surface area contributed by atoms with Crippen molar-refractivity contribution in [3.8, 4) is 5.75 Å². The number of ether oxygens (including phenoxy) is 2. The number of carboxylic acid groups (broad SMARTS) is 1. The zero-order valence-electron chi connectivity index (χ0n) is 21.1. The number of hydrogen-bond acceptors (Lipinski definition) is 7. The van der Waals surface area contributed by atoms with Crippen LogP contribution in [0.2, 0.25) is 0 Å². The molecule has 1 fully saturated rings. The topological polar surface area (TPSA) is 125 Å². The van der Waals surface area contributed by atoms with Crippen LogP contribution in [-0.4, -0.2) is 78.7 Å². The third kappa shape index (κ3) is 7.43. The Morgan fingerprint density at radius 1 is 1.19 bits per heavy atom. The molecule has 0 aromatic heterocycles. The molecular weight excluding hydrogens is 466 g/mol. The molecule has 0 saturated carbocycles. The van der Waals surface area contributed by atoms with Gasteiger partial charge in [0.25, 0.3) is 0 Å². The first-order chi connectivity index (χ1) is 17.3. The van der Waals surface area contributed by atoms with Gasteiger partial charge in [0.1, 0.15) is 31.0 Å². The van der Waals surface area contributed by atoms with Crippen molar-refractivity contribution in [2.45, 2.75) is 64.5 Å². The van der Waals surface area contributed by atoms with Crippen LogP contribution in [0.5, 0.6) is 5.75 Å². The predicted molar refractivity (Wildman–Crippen MR) is 133 cm³/mol. The van der Waals surface area contributed by atoms with Crippen LogP contribution in [0, 0.1) is 5.92 Å². The number of anilines is 1. The fourth-order valence-electron chi connectivity index (χ4n) is 4.84. The number of esters is 1. The van der Waals surface area contributed by atoms with E-state index in [1.807, 2.05) is 4.90 Å². The summed E-state index contributed by atoms with van der Waals surface area (Å²) < 4.78 is 11.1. The van der Waals surface area contributed by atoms with E-state index in [4.69, 9.17) is 9.47 Å². The molecule has 2 heterocycles. The molecule has 10 nitrogen and oxygen atoms in total. The molecule has 2 atom stereocenters. The summed E-state index contributed by atoms with van der Waals surface area (Å²) in [6.45, 7) is 4.61. The molecule has 0 bridgehead atoms. The first kappa shape index (κ1) is 27.4. The summed E-state index contributed by atoms with van der Waals surface area (Å²) in [6.07, 6.45) is 5.19. The minimum absolute atomic E-state index is 0.0312. The summed E-state index contributed by atoms with van der Waals surface area (Å²) in [6, 6.07) is 5.17. The van der Waals surface area contributed by atoms with Crippen molar-refractivity contribution in [2.24, 2.45) is 5.92 Å². The molecule has 2 amide bonds. The van der Waals surface area contributed by atoms with Gasteiger partial charge < -0.3 is 19.5 Å². The van der Waals surface area contributed by atoms with Crippen LogP contribution in [0.25, 0.3) is 0 Å². The van der Waals surface area contributed by atoms with Gasteiger partial charge in [0.15, 0.2) is 0 Å². The molecule has 198 valence electrons. The second kappa shape index (κ2) is 13.2. The molecule has 3 rings (SSSR count). The number of para-hydroxylation sites is 2. The number of nitrogens with zero attached hydrogens (tertiary/aromatic N) is 2. The van der Waals surface area contributed by atoms with Crippen molar-refractivity contribution in [2.75, 3.05) is 37.7 Å². The van der Waals surface area contributed by atoms with Gasteiger partial charge in [0.2, 0.25) is 11.8 Å². The zero-order valence-corrected chi connectivity index (χ0v) is 21.1. The Labute approximate surface area is 211 Å². The van der Waals surface area contributed by atoms with E-state index in [0.717, 1.165) is 45.2 Å². The first-order valence-electron chi connectivity index (χ1n) is 12.7. The molecule has 1 saturated heterocycles. The number of nitrogens with one attached hydrogen (secondary N) is 1. The lowest BCUT2D eigenvalue weighted by atomic mass is 9.91. The van der Waals surface area contributed by atoms with Crippen molar-refractivity contribution in [3.05, 3.63) is 24.3 Å². The summed E-state index contributed by atoms with van der Waals surface area (Å²) >= 11 is 0. The highest BCUT2D eigenvalue weighted by Gasteiger charge is 2.35. The van der Waals surface area contributed by atoms with Gasteiger partial charge in [-0.2, -0.15) is 0 Å². The van der Waals surface area contributed by atoms with Gasteiger partial charge in [0.05, 0.1) is 12.3 Å². The SMILES string of the molecule is CCOC(=O)C(CCCCC1CCN(C(C)=O)CC1)N[C@H]1COc2ccccc2N(CC(=O)O)C1=O. The second-order valence-electron chi connectivity index (χ2n) is 9.35. The van der Waals surface area contributed by atoms with Gasteiger partial charge >= 0.3 is 11.9 Å². The number of amides is 2. The zero-order chi connectivity index (χ0) is 26.1. The van der Waals surface area contributed by atoms with Gasteiger partial charge in [-0.15, -0.1) is 0 Å². The van der Waals surface area contributed by atoms with E-state index in [1.54, 1.807) is 38.1 Å². The number of unbranched alkanes of at least 4 members (excludes halogenated alkanes) is 1. The average molecular weight is 504 g/mol. The number of rotatable bonds is 11. The van der Waals surface area contributed by atoms with Crippen LogP contribution in [0.15, 0.2) is 24.3 Å². The minimum atomic E-state index is -1.14. The van der Waals surface area contributed by atoms with Crippen molar-refractivity contribution >= 4 is 29.4 Å². The van der Waals surface area contributed by atoms with Crippen LogP contribution in [0.3, 0.4) is 0 Å². The summed E-state index contributed by atoms with van der Waals surface area (Å²) in [4.78, 5) is 52.1. The lowest BCUT2D eigenvalue weighted by Crippen LogP contribution is -2.54. The molecule has 1 unspecified atom stereocenters. The monoisotopic (exact) mass is 503 g/mol. The van der Waals surface area contributed by atoms with E-state index in [9.17, 15) is 24.3 Å². The Hall–Kier alpha value is -3.14. The number of hydrogen-bond donors (Lipinski definition) is 2. The summed E-state index contributed by atoms with van der Waals surface area (Å²) in [5.41, 5.74) is 0.387. The Morgan fingerprint density at radius 2 is 1.92 bits per heavy atom. The van der Waals surface area contributed by atoms with E-state index in [0.29, 0.717) is 23.8 Å². The van der Waals surface area contributed by atoms with E-state index < -0.39 is 36.5 Å². The van der Waals surface area contributed by atoms with Gasteiger partial charge in [-0.1, -0.05) is 31.4 Å². The Morgan fingerprint density at radius 3 is 2.58 bits per heavy atom. The number of fused-ring (bicyclic) bond motifs is 1. The molecule has 2 aliphatic rings. The Balaban J connectivity index is 1.60. The van der Waals surface area contributed by atoms with E-state index in [2.05, 4.69) is 5.32 Å². The number of carbonyl (C=O) groups excluding carboxylic acids is 3.